The van der Waals surface area contributed by atoms with Gasteiger partial charge in [0.25, 0.3) is 0 Å². The molecule has 21 heavy (non-hydrogen) atoms. The Balaban J connectivity index is 2.17. The van der Waals surface area contributed by atoms with Crippen molar-refractivity contribution in [3.05, 3.63) is 69.0 Å². The van der Waals surface area contributed by atoms with Gasteiger partial charge in [-0.25, -0.2) is 4.79 Å². The van der Waals surface area contributed by atoms with E-state index in [1.807, 2.05) is 6.07 Å². The van der Waals surface area contributed by atoms with E-state index >= 15 is 0 Å². The van der Waals surface area contributed by atoms with Gasteiger partial charge in [-0.15, -0.1) is 0 Å². The van der Waals surface area contributed by atoms with Gasteiger partial charge in [-0.05, 0) is 35.4 Å². The molecule has 0 aliphatic carbocycles. The van der Waals surface area contributed by atoms with Crippen LogP contribution in [0.2, 0.25) is 0 Å². The number of carbonyl (C=O) groups is 1. The van der Waals surface area contributed by atoms with E-state index in [-0.39, 0.29) is 5.56 Å². The van der Waals surface area contributed by atoms with Crippen molar-refractivity contribution in [2.24, 2.45) is 0 Å². The summed E-state index contributed by atoms with van der Waals surface area (Å²) in [5.74, 6) is -1.25. The highest BCUT2D eigenvalue weighted by atomic mass is 79.9. The minimum atomic E-state index is -1.25. The molecule has 0 radical (unpaired) electrons. The van der Waals surface area contributed by atoms with Crippen LogP contribution in [0.1, 0.15) is 10.4 Å². The molecule has 0 aliphatic heterocycles. The van der Waals surface area contributed by atoms with Crippen LogP contribution in [0, 0.1) is 0 Å². The molecule has 0 atom stereocenters. The third-order valence-electron chi connectivity index (χ3n) is 3.13. The van der Waals surface area contributed by atoms with Crippen LogP contribution in [0.25, 0.3) is 22.1 Å². The van der Waals surface area contributed by atoms with Gasteiger partial charge in [0.15, 0.2) is 0 Å². The largest absolute Gasteiger partial charge is 0.545 e. The molecule has 5 heteroatoms. The number of carboxylic acid groups (broad SMARTS) is 1. The van der Waals surface area contributed by atoms with Crippen molar-refractivity contribution < 1.29 is 14.3 Å². The minimum absolute atomic E-state index is 0.0617. The van der Waals surface area contributed by atoms with E-state index < -0.39 is 11.6 Å². The maximum atomic E-state index is 12.0. The van der Waals surface area contributed by atoms with Gasteiger partial charge in [0, 0.05) is 9.86 Å². The Hall–Kier alpha value is -2.40. The highest BCUT2D eigenvalue weighted by Gasteiger charge is 2.08. The van der Waals surface area contributed by atoms with Crippen molar-refractivity contribution in [3.8, 4) is 11.1 Å². The molecule has 0 bridgehead atoms. The Morgan fingerprint density at radius 2 is 1.76 bits per heavy atom. The van der Waals surface area contributed by atoms with Gasteiger partial charge in [0.1, 0.15) is 5.58 Å². The summed E-state index contributed by atoms with van der Waals surface area (Å²) in [6.07, 6.45) is 0. The fourth-order valence-electron chi connectivity index (χ4n) is 2.08. The monoisotopic (exact) mass is 343 g/mol. The Labute approximate surface area is 127 Å². The van der Waals surface area contributed by atoms with Crippen LogP contribution in [-0.4, -0.2) is 5.97 Å². The Kier molecular flexibility index (Phi) is 3.35. The van der Waals surface area contributed by atoms with Gasteiger partial charge in [-0.1, -0.05) is 40.2 Å². The first-order valence-electron chi connectivity index (χ1n) is 6.10. The number of benzene rings is 2. The number of carboxylic acids is 1. The standard InChI is InChI=1S/C16H9BrO4/c17-12-5-6-14-11(7-12)8-13(16(20)21-14)9-1-3-10(4-2-9)15(18)19/h1-8H,(H,18,19)/p-1. The smallest absolute Gasteiger partial charge is 0.344 e. The van der Waals surface area contributed by atoms with Crippen molar-refractivity contribution in [2.75, 3.05) is 0 Å². The third kappa shape index (κ3) is 2.60. The van der Waals surface area contributed by atoms with Gasteiger partial charge in [-0.3, -0.25) is 0 Å². The topological polar surface area (TPSA) is 70.3 Å². The Bertz CT molecular complexity index is 894. The number of carbonyl (C=O) groups excluding carboxylic acids is 1. The summed E-state index contributed by atoms with van der Waals surface area (Å²) in [4.78, 5) is 22.8. The molecule has 0 saturated heterocycles. The zero-order valence-electron chi connectivity index (χ0n) is 10.6. The third-order valence-corrected chi connectivity index (χ3v) is 3.62. The predicted molar refractivity (Wildman–Crippen MR) is 80.0 cm³/mol. The number of fused-ring (bicyclic) bond motifs is 1. The van der Waals surface area contributed by atoms with Crippen molar-refractivity contribution in [3.63, 3.8) is 0 Å². The van der Waals surface area contributed by atoms with E-state index in [1.165, 1.54) is 12.1 Å². The molecule has 104 valence electrons. The molecule has 2 aromatic carbocycles. The summed E-state index contributed by atoms with van der Waals surface area (Å²) in [6.45, 7) is 0. The molecule has 0 saturated carbocycles. The molecule has 0 aliphatic rings. The van der Waals surface area contributed by atoms with Crippen molar-refractivity contribution in [2.45, 2.75) is 0 Å². The zero-order valence-corrected chi connectivity index (χ0v) is 12.2. The maximum Gasteiger partial charge on any atom is 0.344 e. The fourth-order valence-corrected chi connectivity index (χ4v) is 2.46. The maximum absolute atomic E-state index is 12.0. The van der Waals surface area contributed by atoms with Gasteiger partial charge in [0.05, 0.1) is 11.5 Å². The predicted octanol–water partition coefficient (Wildman–Crippen LogP) is 2.59. The van der Waals surface area contributed by atoms with Crippen molar-refractivity contribution in [1.82, 2.24) is 0 Å². The lowest BCUT2D eigenvalue weighted by molar-refractivity contribution is -0.255. The Morgan fingerprint density at radius 1 is 1.05 bits per heavy atom. The summed E-state index contributed by atoms with van der Waals surface area (Å²) in [6, 6.07) is 13.0. The van der Waals surface area contributed by atoms with Crippen LogP contribution in [0.5, 0.6) is 0 Å². The van der Waals surface area contributed by atoms with Crippen molar-refractivity contribution >= 4 is 32.9 Å². The molecule has 0 spiro atoms. The molecule has 0 unspecified atom stereocenters. The lowest BCUT2D eigenvalue weighted by Crippen LogP contribution is -2.21. The highest BCUT2D eigenvalue weighted by molar-refractivity contribution is 9.10. The number of rotatable bonds is 2. The molecule has 0 amide bonds. The van der Waals surface area contributed by atoms with Gasteiger partial charge >= 0.3 is 5.63 Å². The number of hydrogen-bond acceptors (Lipinski definition) is 4. The summed E-state index contributed by atoms with van der Waals surface area (Å²) in [5, 5.41) is 11.5. The van der Waals surface area contributed by atoms with Crippen LogP contribution >= 0.6 is 15.9 Å². The van der Waals surface area contributed by atoms with E-state index in [0.717, 1.165) is 9.86 Å². The lowest BCUT2D eigenvalue weighted by Gasteiger charge is -2.05. The molecule has 3 rings (SSSR count). The molecule has 0 fully saturated rings. The Morgan fingerprint density at radius 3 is 2.43 bits per heavy atom. The summed E-state index contributed by atoms with van der Waals surface area (Å²) >= 11 is 3.37. The summed E-state index contributed by atoms with van der Waals surface area (Å²) in [7, 11) is 0. The average Bonchev–Trinajstić information content (AvgIpc) is 2.47. The molecular weight excluding hydrogens is 336 g/mol. The second-order valence-corrected chi connectivity index (χ2v) is 5.41. The molecule has 3 aromatic rings. The minimum Gasteiger partial charge on any atom is -0.545 e. The fraction of sp³-hybridized carbons (Fsp3) is 0. The summed E-state index contributed by atoms with van der Waals surface area (Å²) < 4.78 is 6.15. The number of aromatic carboxylic acids is 1. The molecule has 1 aromatic heterocycles. The second-order valence-electron chi connectivity index (χ2n) is 4.49. The van der Waals surface area contributed by atoms with Gasteiger partial charge < -0.3 is 14.3 Å². The van der Waals surface area contributed by atoms with Gasteiger partial charge in [-0.2, -0.15) is 0 Å². The quantitative estimate of drug-likeness (QED) is 0.670. The van der Waals surface area contributed by atoms with Crippen LogP contribution in [-0.2, 0) is 0 Å². The molecule has 1 heterocycles. The highest BCUT2D eigenvalue weighted by Crippen LogP contribution is 2.24. The molecule has 4 nitrogen and oxygen atoms in total. The van der Waals surface area contributed by atoms with Gasteiger partial charge in [0.2, 0.25) is 0 Å². The molecular formula is C16H8BrO4-. The van der Waals surface area contributed by atoms with E-state index in [4.69, 9.17) is 4.42 Å². The number of halogens is 1. The van der Waals surface area contributed by atoms with E-state index in [9.17, 15) is 14.7 Å². The first-order chi connectivity index (χ1) is 10.0. The SMILES string of the molecule is O=C([O-])c1ccc(-c2cc3cc(Br)ccc3oc2=O)cc1. The first-order valence-corrected chi connectivity index (χ1v) is 6.89. The first kappa shape index (κ1) is 13.6. The zero-order chi connectivity index (χ0) is 15.0. The van der Waals surface area contributed by atoms with E-state index in [2.05, 4.69) is 15.9 Å². The van der Waals surface area contributed by atoms with Crippen LogP contribution < -0.4 is 10.7 Å². The van der Waals surface area contributed by atoms with Crippen LogP contribution in [0.3, 0.4) is 0 Å². The normalized spacial score (nSPS) is 10.7. The number of hydrogen-bond donors (Lipinski definition) is 0. The van der Waals surface area contributed by atoms with E-state index in [0.29, 0.717) is 16.7 Å². The van der Waals surface area contributed by atoms with Crippen molar-refractivity contribution in [1.29, 1.82) is 0 Å². The summed E-state index contributed by atoms with van der Waals surface area (Å²) in [5.41, 5.74) is 1.07. The second kappa shape index (κ2) is 5.18. The van der Waals surface area contributed by atoms with Crippen LogP contribution in [0.15, 0.2) is 62.2 Å². The van der Waals surface area contributed by atoms with E-state index in [1.54, 1.807) is 30.3 Å². The van der Waals surface area contributed by atoms with Crippen LogP contribution in [0.4, 0.5) is 0 Å². The lowest BCUT2D eigenvalue weighted by atomic mass is 10.0. The average molecular weight is 344 g/mol. The molecule has 0 N–H and O–H groups in total.